The molecule has 9 N–H and O–H groups in total. The van der Waals surface area contributed by atoms with Crippen LogP contribution in [0.4, 0.5) is 28.4 Å². The third-order valence-electron chi connectivity index (χ3n) is 10.9. The first-order chi connectivity index (χ1) is 39.7. The van der Waals surface area contributed by atoms with Gasteiger partial charge in [0, 0.05) is 96.1 Å². The van der Waals surface area contributed by atoms with Crippen molar-refractivity contribution in [3.63, 3.8) is 0 Å². The molecule has 8 rings (SSSR count). The van der Waals surface area contributed by atoms with Crippen molar-refractivity contribution >= 4 is 144 Å². The number of nitrogens with two attached hydrogens (primary N) is 3. The molecule has 1 saturated carbocycles. The Morgan fingerprint density at radius 3 is 1.46 bits per heavy atom. The molecule has 456 valence electrons. The minimum absolute atomic E-state index is 0.0762. The van der Waals surface area contributed by atoms with Gasteiger partial charge in [-0.3, -0.25) is 9.59 Å². The summed E-state index contributed by atoms with van der Waals surface area (Å²) in [4.78, 5) is 36.9. The number of aromatic nitrogens is 4. The van der Waals surface area contributed by atoms with Gasteiger partial charge in [-0.25, -0.2) is 19.9 Å². The van der Waals surface area contributed by atoms with E-state index in [1.54, 1.807) is 84.3 Å². The highest BCUT2D eigenvalue weighted by molar-refractivity contribution is 14.1. The number of carbonyl (C=O) groups is 2. The van der Waals surface area contributed by atoms with Crippen LogP contribution in [0.5, 0.6) is 34.5 Å². The van der Waals surface area contributed by atoms with Gasteiger partial charge >= 0.3 is 0 Å². The molecule has 2 heterocycles. The number of halogens is 8. The average molecular weight is 1410 g/mol. The maximum atomic E-state index is 10.9. The lowest BCUT2D eigenvalue weighted by molar-refractivity contribution is -0.115. The zero-order chi connectivity index (χ0) is 63.2. The van der Waals surface area contributed by atoms with Crippen LogP contribution in [-0.4, -0.2) is 81.0 Å². The van der Waals surface area contributed by atoms with Crippen LogP contribution in [0.25, 0.3) is 0 Å². The van der Waals surface area contributed by atoms with Crippen LogP contribution < -0.4 is 61.6 Å². The fourth-order valence-corrected chi connectivity index (χ4v) is 8.55. The van der Waals surface area contributed by atoms with Crippen molar-refractivity contribution in [3.05, 3.63) is 155 Å². The molecule has 7 aromatic rings. The third kappa shape index (κ3) is 27.9. The number of alkyl halides is 1. The number of hydrogen-bond acceptors (Lipinski definition) is 16. The molecule has 0 spiro atoms. The molecule has 84 heavy (non-hydrogen) atoms. The number of carbonyl (C=O) groups excluding carboxylic acids is 2. The van der Waals surface area contributed by atoms with E-state index in [2.05, 4.69) is 58.5 Å². The van der Waals surface area contributed by atoms with E-state index in [9.17, 15) is 9.59 Å². The second-order valence-electron chi connectivity index (χ2n) is 17.8. The number of rotatable bonds is 13. The molecular formula is C58H70Cl7IN10O8. The molecule has 0 saturated heterocycles. The summed E-state index contributed by atoms with van der Waals surface area (Å²) in [6.45, 7) is 11.9. The Hall–Kier alpha value is -5.88. The van der Waals surface area contributed by atoms with Crippen molar-refractivity contribution < 1.29 is 38.0 Å². The summed E-state index contributed by atoms with van der Waals surface area (Å²) in [6, 6.07) is 21.7. The lowest BCUT2D eigenvalue weighted by Crippen LogP contribution is -2.06. The van der Waals surface area contributed by atoms with Crippen molar-refractivity contribution in [2.45, 2.75) is 65.4 Å². The molecule has 5 aromatic carbocycles. The topological polar surface area (TPSA) is 255 Å². The van der Waals surface area contributed by atoms with Crippen LogP contribution in [0.1, 0.15) is 60.1 Å². The Morgan fingerprint density at radius 1 is 0.560 bits per heavy atom. The Bertz CT molecular complexity index is 3200. The molecule has 0 atom stereocenters. The number of methoxy groups -OCH3 is 6. The van der Waals surface area contributed by atoms with E-state index >= 15 is 0 Å². The first-order valence-corrected chi connectivity index (χ1v) is 29.2. The molecule has 0 radical (unpaired) electrons. The highest BCUT2D eigenvalue weighted by atomic mass is 127. The lowest BCUT2D eigenvalue weighted by Gasteiger charge is -2.13. The quantitative estimate of drug-likeness (QED) is 0.0206. The van der Waals surface area contributed by atoms with E-state index in [4.69, 9.17) is 127 Å². The number of hydrogen-bond donors (Lipinski definition) is 6. The monoisotopic (exact) mass is 1410 g/mol. The summed E-state index contributed by atoms with van der Waals surface area (Å²) < 4.78 is 31.3. The van der Waals surface area contributed by atoms with Gasteiger partial charge < -0.3 is 61.6 Å². The van der Waals surface area contributed by atoms with Gasteiger partial charge in [0.05, 0.1) is 69.8 Å². The van der Waals surface area contributed by atoms with E-state index in [1.807, 2.05) is 64.1 Å². The van der Waals surface area contributed by atoms with Gasteiger partial charge in [-0.05, 0) is 135 Å². The summed E-state index contributed by atoms with van der Waals surface area (Å²) in [7, 11) is 9.51. The summed E-state index contributed by atoms with van der Waals surface area (Å²) in [5.41, 5.74) is 25.3. The van der Waals surface area contributed by atoms with Crippen molar-refractivity contribution in [2.75, 3.05) is 76.6 Å². The van der Waals surface area contributed by atoms with E-state index < -0.39 is 0 Å². The van der Waals surface area contributed by atoms with Gasteiger partial charge in [-0.2, -0.15) is 0 Å². The lowest BCUT2D eigenvalue weighted by atomic mass is 10.2. The predicted molar refractivity (Wildman–Crippen MR) is 354 cm³/mol. The molecular weight excluding hydrogens is 1340 g/mol. The number of nitrogens with one attached hydrogen (secondary N) is 3. The molecule has 1 aliphatic rings. The van der Waals surface area contributed by atoms with Crippen LogP contribution in [0, 0.1) is 33.6 Å². The number of nitrogen functional groups attached to an aromatic ring is 2. The van der Waals surface area contributed by atoms with E-state index in [0.717, 1.165) is 73.3 Å². The average Bonchev–Trinajstić information content (AvgIpc) is 4.43. The van der Waals surface area contributed by atoms with Gasteiger partial charge in [-0.1, -0.05) is 80.6 Å². The molecule has 18 nitrogen and oxygen atoms in total. The number of ether oxygens (including phenoxy) is 6. The second kappa shape index (κ2) is 38.9. The normalized spacial score (nSPS) is 10.6. The highest BCUT2D eigenvalue weighted by Gasteiger charge is 2.18. The van der Waals surface area contributed by atoms with Crippen molar-refractivity contribution in [2.24, 2.45) is 11.7 Å². The molecule has 2 aromatic heterocycles. The zero-order valence-electron chi connectivity index (χ0n) is 48.5. The van der Waals surface area contributed by atoms with Crippen molar-refractivity contribution in [1.29, 1.82) is 0 Å². The first-order valence-electron chi connectivity index (χ1n) is 25.1. The largest absolute Gasteiger partial charge is 0.497 e. The standard InChI is InChI=1S/C13H12Cl3N3O2.C10H12ClNO2.C10H13NO2.C8H10ClNO.C8H11NO.C5H3Cl2IN2.C4H9N/c1-20-8-3-9(11(14)10(4-8)21-2)17-5-7-6-18-13(16)19-12(7)15;1-6-4-8(14-3)5-9(10(6)11)12-7(2)13;1-7-4-9(11-8(2)12)6-10(5-7)13-3;1-5-3-6(11-2)4-7(10)8(5)9;1-6-3-7(9)5-8(4-6)10-2;6-4-3(1-8)2-9-5(7)10-4;5-3-4-1-2-4/h3-4,6,17H,5H2,1-2H3;4-5H,1-3H3,(H,12,13);4-6H,1-3H3,(H,11,12);3-4H,10H2,1-2H3;3-5H,9H2,1-2H3;2H,1H2;4H,1-3,5H2. The molecule has 0 bridgehead atoms. The number of benzene rings is 5. The Labute approximate surface area is 540 Å². The van der Waals surface area contributed by atoms with Crippen LogP contribution in [0.3, 0.4) is 0 Å². The van der Waals surface area contributed by atoms with Gasteiger partial charge in [0.2, 0.25) is 22.4 Å². The summed E-state index contributed by atoms with van der Waals surface area (Å²) in [5, 5.41) is 11.1. The number of amides is 2. The van der Waals surface area contributed by atoms with Crippen molar-refractivity contribution in [3.8, 4) is 34.5 Å². The maximum Gasteiger partial charge on any atom is 0.223 e. The second-order valence-corrected chi connectivity index (χ2v) is 21.1. The van der Waals surface area contributed by atoms with Crippen LogP contribution in [-0.2, 0) is 20.6 Å². The third-order valence-corrected chi connectivity index (χ3v) is 14.1. The number of nitrogens with zero attached hydrogens (tertiary/aromatic N) is 4. The van der Waals surface area contributed by atoms with Crippen LogP contribution >= 0.6 is 104 Å². The Morgan fingerprint density at radius 2 is 1.02 bits per heavy atom. The van der Waals surface area contributed by atoms with Crippen LogP contribution in [0.15, 0.2) is 85.2 Å². The van der Waals surface area contributed by atoms with Gasteiger partial charge in [0.25, 0.3) is 0 Å². The minimum atomic E-state index is -0.153. The molecule has 26 heteroatoms. The highest BCUT2D eigenvalue weighted by Crippen LogP contribution is 2.37. The number of aryl methyl sites for hydroxylation is 4. The minimum Gasteiger partial charge on any atom is -0.497 e. The fourth-order valence-electron chi connectivity index (χ4n) is 6.50. The summed E-state index contributed by atoms with van der Waals surface area (Å²) in [5.74, 6) is 4.80. The van der Waals surface area contributed by atoms with E-state index in [1.165, 1.54) is 33.8 Å². The molecule has 1 aliphatic carbocycles. The first kappa shape index (κ1) is 74.2. The predicted octanol–water partition coefficient (Wildman–Crippen LogP) is 15.5. The van der Waals surface area contributed by atoms with Crippen LogP contribution in [0.2, 0.25) is 35.9 Å². The SMILES string of the molecule is COc1cc(C)c(Cl)c(N)c1.COc1cc(C)c(Cl)c(NC(C)=O)c1.COc1cc(C)cc(N)c1.COc1cc(C)cc(NC(C)=O)c1.COc1cc(NCc2cnc(Cl)nc2Cl)c(Cl)c(OC)c1.Clc1ncc(CI)c(Cl)n1.NCC1CC1. The Balaban J connectivity index is 0.000000345. The maximum absolute atomic E-state index is 10.9. The fraction of sp³-hybridized carbons (Fsp3) is 0.310. The Kier molecular flexibility index (Phi) is 34.4. The molecule has 0 aliphatic heterocycles. The smallest absolute Gasteiger partial charge is 0.223 e. The van der Waals surface area contributed by atoms with E-state index in [0.29, 0.717) is 66.6 Å². The number of anilines is 5. The molecule has 1 fully saturated rings. The van der Waals surface area contributed by atoms with Crippen molar-refractivity contribution in [1.82, 2.24) is 19.9 Å². The molecule has 0 unspecified atom stereocenters. The molecule has 2 amide bonds. The van der Waals surface area contributed by atoms with E-state index in [-0.39, 0.29) is 27.5 Å². The van der Waals surface area contributed by atoms with Gasteiger partial charge in [0.1, 0.15) is 49.8 Å². The van der Waals surface area contributed by atoms with Gasteiger partial charge in [-0.15, -0.1) is 0 Å². The zero-order valence-corrected chi connectivity index (χ0v) is 56.0. The summed E-state index contributed by atoms with van der Waals surface area (Å²) in [6.07, 6.45) is 5.95. The summed E-state index contributed by atoms with van der Waals surface area (Å²) >= 11 is 43.1. The van der Waals surface area contributed by atoms with Gasteiger partial charge in [0.15, 0.2) is 0 Å².